The van der Waals surface area contributed by atoms with E-state index in [1.165, 1.54) is 0 Å². The van der Waals surface area contributed by atoms with Crippen molar-refractivity contribution in [3.63, 3.8) is 0 Å². The van der Waals surface area contributed by atoms with Crippen LogP contribution in [0.3, 0.4) is 0 Å². The average Bonchev–Trinajstić information content (AvgIpc) is 2.25. The van der Waals surface area contributed by atoms with Crippen LogP contribution in [0.15, 0.2) is 28.7 Å². The largest absolute Gasteiger partial charge is 0.349 e. The van der Waals surface area contributed by atoms with Gasteiger partial charge in [0.15, 0.2) is 0 Å². The molecule has 1 N–H and O–H groups in total. The lowest BCUT2D eigenvalue weighted by Gasteiger charge is -2.20. The predicted molar refractivity (Wildman–Crippen MR) is 70.5 cm³/mol. The van der Waals surface area contributed by atoms with E-state index in [0.717, 1.165) is 10.9 Å². The molecule has 0 aromatic heterocycles. The second kappa shape index (κ2) is 6.04. The molecule has 1 rings (SSSR count). The first-order valence-corrected chi connectivity index (χ1v) is 6.40. The Morgan fingerprint density at radius 1 is 1.44 bits per heavy atom. The molecule has 1 unspecified atom stereocenters. The van der Waals surface area contributed by atoms with E-state index in [1.54, 1.807) is 0 Å². The van der Waals surface area contributed by atoms with Gasteiger partial charge in [0.25, 0.3) is 5.91 Å². The van der Waals surface area contributed by atoms with Gasteiger partial charge in [-0.25, -0.2) is 0 Å². The zero-order chi connectivity index (χ0) is 12.1. The molecule has 1 aromatic carbocycles. The molecule has 0 saturated carbocycles. The van der Waals surface area contributed by atoms with Gasteiger partial charge in [0.2, 0.25) is 0 Å². The van der Waals surface area contributed by atoms with E-state index in [1.807, 2.05) is 24.3 Å². The minimum absolute atomic E-state index is 0.00171. The minimum atomic E-state index is 0.00171. The fourth-order valence-electron chi connectivity index (χ4n) is 1.62. The van der Waals surface area contributed by atoms with Crippen LogP contribution in [0, 0.1) is 5.92 Å². The van der Waals surface area contributed by atoms with Crippen LogP contribution < -0.4 is 5.32 Å². The maximum Gasteiger partial charge on any atom is 0.251 e. The van der Waals surface area contributed by atoms with E-state index in [0.29, 0.717) is 11.5 Å². The molecule has 3 heteroatoms. The lowest BCUT2D eigenvalue weighted by Crippen LogP contribution is -2.37. The van der Waals surface area contributed by atoms with Gasteiger partial charge in [-0.1, -0.05) is 42.8 Å². The highest BCUT2D eigenvalue weighted by Crippen LogP contribution is 2.13. The van der Waals surface area contributed by atoms with E-state index in [2.05, 4.69) is 42.0 Å². The third-order valence-corrected chi connectivity index (χ3v) is 3.14. The maximum absolute atomic E-state index is 11.9. The summed E-state index contributed by atoms with van der Waals surface area (Å²) >= 11 is 3.36. The van der Waals surface area contributed by atoms with E-state index in [4.69, 9.17) is 0 Å². The van der Waals surface area contributed by atoms with Crippen molar-refractivity contribution in [2.75, 3.05) is 0 Å². The van der Waals surface area contributed by atoms with E-state index in [-0.39, 0.29) is 11.9 Å². The summed E-state index contributed by atoms with van der Waals surface area (Å²) in [6.07, 6.45) is 0.956. The van der Waals surface area contributed by atoms with Crippen molar-refractivity contribution < 1.29 is 4.79 Å². The number of amides is 1. The van der Waals surface area contributed by atoms with Gasteiger partial charge in [0.05, 0.1) is 0 Å². The van der Waals surface area contributed by atoms with Crippen molar-refractivity contribution in [3.05, 3.63) is 34.3 Å². The fourth-order valence-corrected chi connectivity index (χ4v) is 2.02. The quantitative estimate of drug-likeness (QED) is 0.899. The van der Waals surface area contributed by atoms with Gasteiger partial charge in [-0.3, -0.25) is 4.79 Å². The summed E-state index contributed by atoms with van der Waals surface area (Å²) in [7, 11) is 0. The summed E-state index contributed by atoms with van der Waals surface area (Å²) in [6.45, 7) is 6.33. The maximum atomic E-state index is 11.9. The first-order chi connectivity index (χ1) is 7.54. The number of hydrogen-bond donors (Lipinski definition) is 1. The lowest BCUT2D eigenvalue weighted by molar-refractivity contribution is 0.0924. The second-order valence-corrected chi connectivity index (χ2v) is 5.16. The molecule has 0 aliphatic heterocycles. The highest BCUT2D eigenvalue weighted by Gasteiger charge is 2.15. The number of halogens is 1. The van der Waals surface area contributed by atoms with Gasteiger partial charge in [0, 0.05) is 16.1 Å². The molecule has 0 radical (unpaired) electrons. The van der Waals surface area contributed by atoms with Crippen molar-refractivity contribution in [1.29, 1.82) is 0 Å². The summed E-state index contributed by atoms with van der Waals surface area (Å²) < 4.78 is 0.928. The molecule has 0 spiro atoms. The molecule has 2 nitrogen and oxygen atoms in total. The Bertz CT molecular complexity index is 363. The van der Waals surface area contributed by atoms with Crippen LogP contribution in [0.1, 0.15) is 37.6 Å². The van der Waals surface area contributed by atoms with Crippen molar-refractivity contribution >= 4 is 21.8 Å². The van der Waals surface area contributed by atoms with Crippen LogP contribution in [-0.2, 0) is 0 Å². The van der Waals surface area contributed by atoms with Crippen LogP contribution in [0.2, 0.25) is 0 Å². The highest BCUT2D eigenvalue weighted by atomic mass is 79.9. The number of carbonyl (C=O) groups is 1. The van der Waals surface area contributed by atoms with Crippen molar-refractivity contribution in [1.82, 2.24) is 5.32 Å². The average molecular weight is 284 g/mol. The van der Waals surface area contributed by atoms with Crippen LogP contribution in [0.5, 0.6) is 0 Å². The van der Waals surface area contributed by atoms with Gasteiger partial charge in [-0.2, -0.15) is 0 Å². The van der Waals surface area contributed by atoms with E-state index in [9.17, 15) is 4.79 Å². The van der Waals surface area contributed by atoms with E-state index < -0.39 is 0 Å². The molecule has 0 heterocycles. The monoisotopic (exact) mass is 283 g/mol. The molecule has 0 aliphatic rings. The number of rotatable bonds is 4. The Morgan fingerprint density at radius 3 is 2.62 bits per heavy atom. The zero-order valence-corrected chi connectivity index (χ0v) is 11.5. The Labute approximate surface area is 106 Å². The summed E-state index contributed by atoms with van der Waals surface area (Å²) in [5, 5.41) is 3.05. The number of carbonyl (C=O) groups excluding carboxylic acids is 1. The first-order valence-electron chi connectivity index (χ1n) is 5.61. The van der Waals surface area contributed by atoms with Crippen molar-refractivity contribution in [2.24, 2.45) is 5.92 Å². The SMILES string of the molecule is CCC(NC(=O)c1cccc(Br)c1)C(C)C. The third kappa shape index (κ3) is 3.63. The van der Waals surface area contributed by atoms with Crippen LogP contribution in [0.4, 0.5) is 0 Å². The topological polar surface area (TPSA) is 29.1 Å². The number of nitrogens with one attached hydrogen (secondary N) is 1. The van der Waals surface area contributed by atoms with E-state index >= 15 is 0 Å². The smallest absolute Gasteiger partial charge is 0.251 e. The van der Waals surface area contributed by atoms with Gasteiger partial charge in [0.1, 0.15) is 0 Å². The summed E-state index contributed by atoms with van der Waals surface area (Å²) in [4.78, 5) is 11.9. The molecule has 0 aliphatic carbocycles. The van der Waals surface area contributed by atoms with Gasteiger partial charge < -0.3 is 5.32 Å². The number of benzene rings is 1. The molecule has 0 saturated heterocycles. The van der Waals surface area contributed by atoms with Gasteiger partial charge >= 0.3 is 0 Å². The molecule has 88 valence electrons. The van der Waals surface area contributed by atoms with Crippen molar-refractivity contribution in [3.8, 4) is 0 Å². The Balaban J connectivity index is 2.72. The van der Waals surface area contributed by atoms with Crippen LogP contribution in [-0.4, -0.2) is 11.9 Å². The molecule has 1 amide bonds. The number of hydrogen-bond acceptors (Lipinski definition) is 1. The standard InChI is InChI=1S/C13H18BrNO/c1-4-12(9(2)3)15-13(16)10-6-5-7-11(14)8-10/h5-9,12H,4H2,1-3H3,(H,15,16). The highest BCUT2D eigenvalue weighted by molar-refractivity contribution is 9.10. The second-order valence-electron chi connectivity index (χ2n) is 4.24. The summed E-state index contributed by atoms with van der Waals surface area (Å²) in [5.41, 5.74) is 0.702. The molecule has 16 heavy (non-hydrogen) atoms. The Kier molecular flexibility index (Phi) is 5.00. The normalized spacial score (nSPS) is 12.6. The molecular weight excluding hydrogens is 266 g/mol. The minimum Gasteiger partial charge on any atom is -0.349 e. The first kappa shape index (κ1) is 13.2. The van der Waals surface area contributed by atoms with Crippen LogP contribution >= 0.6 is 15.9 Å². The Hall–Kier alpha value is -0.830. The predicted octanol–water partition coefficient (Wildman–Crippen LogP) is 3.61. The third-order valence-electron chi connectivity index (χ3n) is 2.65. The van der Waals surface area contributed by atoms with Crippen molar-refractivity contribution in [2.45, 2.75) is 33.2 Å². The Morgan fingerprint density at radius 2 is 2.12 bits per heavy atom. The zero-order valence-electron chi connectivity index (χ0n) is 9.96. The summed E-state index contributed by atoms with van der Waals surface area (Å²) in [5.74, 6) is 0.461. The fraction of sp³-hybridized carbons (Fsp3) is 0.462. The molecule has 1 atom stereocenters. The molecular formula is C13H18BrNO. The molecule has 0 bridgehead atoms. The van der Waals surface area contributed by atoms with Gasteiger partial charge in [-0.05, 0) is 30.5 Å². The molecule has 1 aromatic rings. The summed E-state index contributed by atoms with van der Waals surface area (Å²) in [6, 6.07) is 7.69. The molecule has 0 fully saturated rings. The van der Waals surface area contributed by atoms with Gasteiger partial charge in [-0.15, -0.1) is 0 Å². The lowest BCUT2D eigenvalue weighted by atomic mass is 10.0. The van der Waals surface area contributed by atoms with Crippen LogP contribution in [0.25, 0.3) is 0 Å².